The molecule has 0 aliphatic heterocycles. The van der Waals surface area contributed by atoms with E-state index in [9.17, 15) is 9.59 Å². The molecule has 0 saturated heterocycles. The molecule has 0 aliphatic rings. The smallest absolute Gasteiger partial charge is 0.316 e. The van der Waals surface area contributed by atoms with E-state index in [4.69, 9.17) is 9.47 Å². The predicted molar refractivity (Wildman–Crippen MR) is 118 cm³/mol. The first kappa shape index (κ1) is 21.5. The minimum atomic E-state index is -0.443. The first-order valence-corrected chi connectivity index (χ1v) is 10.5. The summed E-state index contributed by atoms with van der Waals surface area (Å²) in [4.78, 5) is 25.4. The molecule has 0 spiro atoms. The molecule has 0 unspecified atom stereocenters. The molecular formula is C24H23NO4S. The highest BCUT2D eigenvalue weighted by Crippen LogP contribution is 2.22. The van der Waals surface area contributed by atoms with E-state index in [0.717, 1.165) is 21.8 Å². The number of hydrogen-bond donors (Lipinski definition) is 1. The van der Waals surface area contributed by atoms with Gasteiger partial charge >= 0.3 is 5.97 Å². The quantitative estimate of drug-likeness (QED) is 0.414. The van der Waals surface area contributed by atoms with Crippen LogP contribution in [0.25, 0.3) is 0 Å². The van der Waals surface area contributed by atoms with Crippen molar-refractivity contribution >= 4 is 23.6 Å². The maximum Gasteiger partial charge on any atom is 0.316 e. The van der Waals surface area contributed by atoms with E-state index in [2.05, 4.69) is 5.32 Å². The summed E-state index contributed by atoms with van der Waals surface area (Å²) in [6, 6.07) is 26.4. The molecule has 154 valence electrons. The third kappa shape index (κ3) is 6.39. The van der Waals surface area contributed by atoms with Gasteiger partial charge in [0.2, 0.25) is 0 Å². The number of carbonyl (C=O) groups is 2. The normalized spacial score (nSPS) is 10.5. The summed E-state index contributed by atoms with van der Waals surface area (Å²) < 4.78 is 10.3. The lowest BCUT2D eigenvalue weighted by Crippen LogP contribution is -2.33. The van der Waals surface area contributed by atoms with Crippen molar-refractivity contribution < 1.29 is 19.1 Å². The minimum Gasteiger partial charge on any atom is -0.497 e. The van der Waals surface area contributed by atoms with Crippen molar-refractivity contribution in [1.29, 1.82) is 0 Å². The lowest BCUT2D eigenvalue weighted by molar-refractivity contribution is -0.146. The average Bonchev–Trinajstić information content (AvgIpc) is 2.81. The van der Waals surface area contributed by atoms with Crippen molar-refractivity contribution in [2.75, 3.05) is 19.5 Å². The van der Waals surface area contributed by atoms with Crippen molar-refractivity contribution in [2.45, 2.75) is 10.9 Å². The van der Waals surface area contributed by atoms with Gasteiger partial charge in [-0.1, -0.05) is 60.7 Å². The van der Waals surface area contributed by atoms with Crippen molar-refractivity contribution in [3.05, 3.63) is 96.1 Å². The highest BCUT2D eigenvalue weighted by Gasteiger charge is 2.17. The monoisotopic (exact) mass is 421 g/mol. The minimum absolute atomic E-state index is 0.125. The van der Waals surface area contributed by atoms with Crippen LogP contribution >= 0.6 is 11.8 Å². The standard InChI is InChI=1S/C24H23NO4S/c1-28-20-12-14-21(15-13-20)30-17-23(27)29-16-22(26)25-24(18-8-4-2-5-9-18)19-10-6-3-7-11-19/h2-15,24H,16-17H2,1H3,(H,25,26). The summed E-state index contributed by atoms with van der Waals surface area (Å²) in [6.07, 6.45) is 0. The fraction of sp³-hybridized carbons (Fsp3) is 0.167. The molecule has 0 heterocycles. The van der Waals surface area contributed by atoms with E-state index in [1.165, 1.54) is 11.8 Å². The highest BCUT2D eigenvalue weighted by molar-refractivity contribution is 8.00. The van der Waals surface area contributed by atoms with Gasteiger partial charge in [0.05, 0.1) is 18.9 Å². The van der Waals surface area contributed by atoms with Gasteiger partial charge in [-0.3, -0.25) is 9.59 Å². The fourth-order valence-electron chi connectivity index (χ4n) is 2.85. The van der Waals surface area contributed by atoms with Crippen LogP contribution in [0.5, 0.6) is 5.75 Å². The van der Waals surface area contributed by atoms with Gasteiger partial charge in [0.1, 0.15) is 5.75 Å². The summed E-state index contributed by atoms with van der Waals surface area (Å²) in [5.74, 6) is 0.0860. The second-order valence-electron chi connectivity index (χ2n) is 6.45. The van der Waals surface area contributed by atoms with E-state index < -0.39 is 5.97 Å². The maximum atomic E-state index is 12.4. The Kier molecular flexibility index (Phi) is 7.92. The molecule has 6 heteroatoms. The van der Waals surface area contributed by atoms with Crippen LogP contribution in [0.4, 0.5) is 0 Å². The lowest BCUT2D eigenvalue weighted by atomic mass is 9.99. The second-order valence-corrected chi connectivity index (χ2v) is 7.50. The number of nitrogens with one attached hydrogen (secondary N) is 1. The third-order valence-electron chi connectivity index (χ3n) is 4.35. The van der Waals surface area contributed by atoms with E-state index in [1.54, 1.807) is 7.11 Å². The van der Waals surface area contributed by atoms with Crippen LogP contribution in [0.3, 0.4) is 0 Å². The molecule has 0 atom stereocenters. The Bertz CT molecular complexity index is 906. The zero-order chi connectivity index (χ0) is 21.2. The van der Waals surface area contributed by atoms with Gasteiger partial charge in [-0.2, -0.15) is 0 Å². The average molecular weight is 422 g/mol. The lowest BCUT2D eigenvalue weighted by Gasteiger charge is -2.20. The van der Waals surface area contributed by atoms with Crippen molar-refractivity contribution in [1.82, 2.24) is 5.32 Å². The van der Waals surface area contributed by atoms with Crippen molar-refractivity contribution in [2.24, 2.45) is 0 Å². The van der Waals surface area contributed by atoms with Gasteiger partial charge < -0.3 is 14.8 Å². The van der Waals surface area contributed by atoms with Crippen LogP contribution in [0.1, 0.15) is 17.2 Å². The van der Waals surface area contributed by atoms with Gasteiger partial charge in [-0.15, -0.1) is 11.8 Å². The number of esters is 1. The Hall–Kier alpha value is -3.25. The summed E-state index contributed by atoms with van der Waals surface area (Å²) in [7, 11) is 1.60. The predicted octanol–water partition coefficient (Wildman–Crippen LogP) is 4.24. The Morgan fingerprint density at radius 3 is 1.97 bits per heavy atom. The first-order chi connectivity index (χ1) is 14.7. The highest BCUT2D eigenvalue weighted by atomic mass is 32.2. The molecule has 0 bridgehead atoms. The Labute approximate surface area is 180 Å². The number of rotatable bonds is 9. The van der Waals surface area contributed by atoms with Crippen LogP contribution in [-0.4, -0.2) is 31.3 Å². The number of hydrogen-bond acceptors (Lipinski definition) is 5. The van der Waals surface area contributed by atoms with Crippen molar-refractivity contribution in [3.63, 3.8) is 0 Å². The molecule has 0 radical (unpaired) electrons. The number of carbonyl (C=O) groups excluding carboxylic acids is 2. The Morgan fingerprint density at radius 1 is 0.867 bits per heavy atom. The number of methoxy groups -OCH3 is 1. The van der Waals surface area contributed by atoms with Gasteiger partial charge in [0, 0.05) is 4.90 Å². The zero-order valence-electron chi connectivity index (χ0n) is 16.6. The summed E-state index contributed by atoms with van der Waals surface area (Å²) >= 11 is 1.35. The van der Waals surface area contributed by atoms with Gasteiger partial charge in [-0.25, -0.2) is 0 Å². The third-order valence-corrected chi connectivity index (χ3v) is 5.34. The number of thioether (sulfide) groups is 1. The Morgan fingerprint density at radius 2 is 1.43 bits per heavy atom. The summed E-state index contributed by atoms with van der Waals surface area (Å²) in [5, 5.41) is 2.95. The fourth-order valence-corrected chi connectivity index (χ4v) is 3.55. The van der Waals surface area contributed by atoms with Crippen molar-refractivity contribution in [3.8, 4) is 5.75 Å². The molecule has 30 heavy (non-hydrogen) atoms. The van der Waals surface area contributed by atoms with Crippen LogP contribution in [-0.2, 0) is 14.3 Å². The van der Waals surface area contributed by atoms with Crippen LogP contribution < -0.4 is 10.1 Å². The molecule has 1 N–H and O–H groups in total. The largest absolute Gasteiger partial charge is 0.497 e. The molecule has 5 nitrogen and oxygen atoms in total. The molecule has 0 saturated carbocycles. The van der Waals surface area contributed by atoms with Crippen LogP contribution in [0.2, 0.25) is 0 Å². The molecule has 1 amide bonds. The molecule has 0 aromatic heterocycles. The Balaban J connectivity index is 1.52. The molecular weight excluding hydrogens is 398 g/mol. The van der Waals surface area contributed by atoms with Gasteiger partial charge in [0.15, 0.2) is 6.61 Å². The second kappa shape index (κ2) is 11.1. The van der Waals surface area contributed by atoms with E-state index in [1.807, 2.05) is 84.9 Å². The zero-order valence-corrected chi connectivity index (χ0v) is 17.4. The van der Waals surface area contributed by atoms with Crippen LogP contribution in [0, 0.1) is 0 Å². The number of benzene rings is 3. The first-order valence-electron chi connectivity index (χ1n) is 9.47. The molecule has 3 aromatic carbocycles. The maximum absolute atomic E-state index is 12.4. The van der Waals surface area contributed by atoms with E-state index >= 15 is 0 Å². The molecule has 3 aromatic rings. The van der Waals surface area contributed by atoms with Gasteiger partial charge in [-0.05, 0) is 35.4 Å². The molecule has 3 rings (SSSR count). The number of ether oxygens (including phenoxy) is 2. The molecule has 0 aliphatic carbocycles. The van der Waals surface area contributed by atoms with E-state index in [-0.39, 0.29) is 24.3 Å². The number of amides is 1. The SMILES string of the molecule is COc1ccc(SCC(=O)OCC(=O)NC(c2ccccc2)c2ccccc2)cc1. The van der Waals surface area contributed by atoms with E-state index in [0.29, 0.717) is 0 Å². The molecule has 0 fully saturated rings. The summed E-state index contributed by atoms with van der Waals surface area (Å²) in [6.45, 7) is -0.321. The summed E-state index contributed by atoms with van der Waals surface area (Å²) in [5.41, 5.74) is 1.91. The van der Waals surface area contributed by atoms with Crippen LogP contribution in [0.15, 0.2) is 89.8 Å². The van der Waals surface area contributed by atoms with Gasteiger partial charge in [0.25, 0.3) is 5.91 Å². The topological polar surface area (TPSA) is 64.6 Å².